The Hall–Kier alpha value is -1.58. The number of hydrogen-bond acceptors (Lipinski definition) is 2. The maximum absolute atomic E-state index is 9.07. The molecule has 0 saturated carbocycles. The van der Waals surface area contributed by atoms with Crippen LogP contribution in [-0.2, 0) is 0 Å². The molecule has 0 heterocycles. The average molecular weight is 228 g/mol. The zero-order chi connectivity index (χ0) is 12.2. The van der Waals surface area contributed by atoms with Gasteiger partial charge >= 0.3 is 0 Å². The lowest BCUT2D eigenvalue weighted by Crippen LogP contribution is -2.35. The number of benzene rings is 1. The third-order valence-electron chi connectivity index (χ3n) is 2.70. The van der Waals surface area contributed by atoms with Crippen molar-refractivity contribution in [1.29, 1.82) is 10.5 Å². The highest BCUT2D eigenvalue weighted by Gasteiger charge is 2.35. The second-order valence-electron chi connectivity index (χ2n) is 4.99. The van der Waals surface area contributed by atoms with Crippen LogP contribution in [0.4, 0.5) is 0 Å². The zero-order valence-electron chi connectivity index (χ0n) is 9.94. The highest BCUT2D eigenvalue weighted by molar-refractivity contribution is 6.77. The van der Waals surface area contributed by atoms with E-state index in [0.717, 1.165) is 5.56 Å². The van der Waals surface area contributed by atoms with E-state index in [1.54, 1.807) is 0 Å². The van der Waals surface area contributed by atoms with Crippen LogP contribution in [-0.4, -0.2) is 8.07 Å². The summed E-state index contributed by atoms with van der Waals surface area (Å²) in [6.07, 6.45) is 0. The van der Waals surface area contributed by atoms with E-state index in [9.17, 15) is 0 Å². The van der Waals surface area contributed by atoms with Gasteiger partial charge in [0.1, 0.15) is 5.92 Å². The Morgan fingerprint density at radius 3 is 1.88 bits per heavy atom. The number of nitrogens with zero attached hydrogens (tertiary/aromatic N) is 2. The molecule has 0 spiro atoms. The molecular weight excluding hydrogens is 212 g/mol. The second kappa shape index (κ2) is 4.96. The zero-order valence-corrected chi connectivity index (χ0v) is 10.9. The van der Waals surface area contributed by atoms with Crippen LogP contribution in [0.25, 0.3) is 0 Å². The lowest BCUT2D eigenvalue weighted by Gasteiger charge is -2.30. The summed E-state index contributed by atoms with van der Waals surface area (Å²) in [4.78, 5) is 0. The lowest BCUT2D eigenvalue weighted by atomic mass is 10.0. The molecule has 1 aromatic carbocycles. The minimum atomic E-state index is -1.58. The van der Waals surface area contributed by atoms with Gasteiger partial charge in [-0.1, -0.05) is 50.0 Å². The maximum atomic E-state index is 9.07. The first-order valence-electron chi connectivity index (χ1n) is 5.35. The average Bonchev–Trinajstić information content (AvgIpc) is 2.25. The quantitative estimate of drug-likeness (QED) is 0.745. The molecule has 82 valence electrons. The van der Waals surface area contributed by atoms with Gasteiger partial charge in [-0.05, 0) is 5.56 Å². The van der Waals surface area contributed by atoms with Crippen molar-refractivity contribution in [3.63, 3.8) is 0 Å². The molecule has 0 aliphatic carbocycles. The first kappa shape index (κ1) is 12.5. The molecule has 1 aromatic rings. The molecule has 0 aliphatic heterocycles. The van der Waals surface area contributed by atoms with Crippen molar-refractivity contribution in [1.82, 2.24) is 0 Å². The number of nitriles is 2. The van der Waals surface area contributed by atoms with Gasteiger partial charge in [-0.3, -0.25) is 0 Å². The van der Waals surface area contributed by atoms with Crippen molar-refractivity contribution in [2.75, 3.05) is 0 Å². The highest BCUT2D eigenvalue weighted by atomic mass is 28.3. The monoisotopic (exact) mass is 228 g/mol. The molecular formula is C13H16N2Si. The van der Waals surface area contributed by atoms with Gasteiger partial charge in [-0.15, -0.1) is 0 Å². The first-order chi connectivity index (χ1) is 7.50. The Labute approximate surface area is 98.2 Å². The fourth-order valence-corrected chi connectivity index (χ4v) is 4.37. The van der Waals surface area contributed by atoms with Crippen LogP contribution in [0.5, 0.6) is 0 Å². The molecule has 1 unspecified atom stereocenters. The summed E-state index contributed by atoms with van der Waals surface area (Å²) in [6.45, 7) is 6.60. The van der Waals surface area contributed by atoms with Crippen molar-refractivity contribution >= 4 is 8.07 Å². The van der Waals surface area contributed by atoms with Crippen LogP contribution in [0, 0.1) is 28.6 Å². The highest BCUT2D eigenvalue weighted by Crippen LogP contribution is 2.33. The molecule has 16 heavy (non-hydrogen) atoms. The van der Waals surface area contributed by atoms with E-state index >= 15 is 0 Å². The summed E-state index contributed by atoms with van der Waals surface area (Å²) in [5, 5.41) is 18.1. The van der Waals surface area contributed by atoms with Crippen LogP contribution in [0.2, 0.25) is 19.6 Å². The summed E-state index contributed by atoms with van der Waals surface area (Å²) >= 11 is 0. The van der Waals surface area contributed by atoms with Crippen LogP contribution >= 0.6 is 0 Å². The summed E-state index contributed by atoms with van der Waals surface area (Å²) in [6, 6.07) is 14.2. The van der Waals surface area contributed by atoms with E-state index < -0.39 is 14.0 Å². The van der Waals surface area contributed by atoms with Gasteiger partial charge in [0, 0.05) is 5.54 Å². The van der Waals surface area contributed by atoms with Gasteiger partial charge in [0.25, 0.3) is 0 Å². The number of hydrogen-bond donors (Lipinski definition) is 0. The van der Waals surface area contributed by atoms with E-state index in [2.05, 4.69) is 31.8 Å². The summed E-state index contributed by atoms with van der Waals surface area (Å²) in [7, 11) is -1.58. The largest absolute Gasteiger partial charge is 0.197 e. The predicted molar refractivity (Wildman–Crippen MR) is 67.2 cm³/mol. The van der Waals surface area contributed by atoms with Crippen molar-refractivity contribution in [3.8, 4) is 12.1 Å². The lowest BCUT2D eigenvalue weighted by molar-refractivity contribution is 0.768. The second-order valence-corrected chi connectivity index (χ2v) is 10.3. The topological polar surface area (TPSA) is 47.6 Å². The van der Waals surface area contributed by atoms with Gasteiger partial charge in [0.15, 0.2) is 0 Å². The normalized spacial score (nSPS) is 12.9. The summed E-state index contributed by atoms with van der Waals surface area (Å²) < 4.78 is 0. The third-order valence-corrected chi connectivity index (χ3v) is 5.24. The Morgan fingerprint density at radius 2 is 1.50 bits per heavy atom. The molecule has 0 N–H and O–H groups in total. The summed E-state index contributed by atoms with van der Waals surface area (Å²) in [5.41, 5.74) is 1.21. The van der Waals surface area contributed by atoms with Crippen molar-refractivity contribution in [3.05, 3.63) is 35.9 Å². The predicted octanol–water partition coefficient (Wildman–Crippen LogP) is 3.31. The molecule has 0 bridgehead atoms. The maximum Gasteiger partial charge on any atom is 0.137 e. The van der Waals surface area contributed by atoms with E-state index in [1.165, 1.54) is 0 Å². The molecule has 1 atom stereocenters. The standard InChI is InChI=1S/C13H16N2Si/c1-16(2,3)13(12(9-14)10-15)11-7-5-4-6-8-11/h4-8,12-13H,1-3H3. The summed E-state index contributed by atoms with van der Waals surface area (Å²) in [5.74, 6) is -0.533. The van der Waals surface area contributed by atoms with Gasteiger partial charge < -0.3 is 0 Å². The minimum Gasteiger partial charge on any atom is -0.197 e. The minimum absolute atomic E-state index is 0.0868. The van der Waals surface area contributed by atoms with Crippen molar-refractivity contribution in [2.45, 2.75) is 25.2 Å². The Bertz CT molecular complexity index is 406. The molecule has 2 nitrogen and oxygen atoms in total. The Kier molecular flexibility index (Phi) is 3.87. The van der Waals surface area contributed by atoms with Crippen LogP contribution in [0.1, 0.15) is 11.1 Å². The SMILES string of the molecule is C[Si](C)(C)C(c1ccccc1)C(C#N)C#N. The van der Waals surface area contributed by atoms with E-state index in [0.29, 0.717) is 0 Å². The van der Waals surface area contributed by atoms with Gasteiger partial charge in [-0.25, -0.2) is 0 Å². The third kappa shape index (κ3) is 2.71. The molecule has 0 radical (unpaired) electrons. The Morgan fingerprint density at radius 1 is 1.00 bits per heavy atom. The fourth-order valence-electron chi connectivity index (χ4n) is 2.03. The smallest absolute Gasteiger partial charge is 0.137 e. The van der Waals surface area contributed by atoms with Crippen LogP contribution in [0.3, 0.4) is 0 Å². The molecule has 0 fully saturated rings. The molecule has 0 saturated heterocycles. The van der Waals surface area contributed by atoms with E-state index in [4.69, 9.17) is 10.5 Å². The fraction of sp³-hybridized carbons (Fsp3) is 0.385. The van der Waals surface area contributed by atoms with E-state index in [-0.39, 0.29) is 5.54 Å². The van der Waals surface area contributed by atoms with Gasteiger partial charge in [-0.2, -0.15) is 10.5 Å². The van der Waals surface area contributed by atoms with Crippen LogP contribution < -0.4 is 0 Å². The van der Waals surface area contributed by atoms with Gasteiger partial charge in [0.05, 0.1) is 20.2 Å². The first-order valence-corrected chi connectivity index (χ1v) is 8.92. The molecule has 1 rings (SSSR count). The molecule has 0 amide bonds. The molecule has 3 heteroatoms. The van der Waals surface area contributed by atoms with Crippen molar-refractivity contribution in [2.24, 2.45) is 5.92 Å². The van der Waals surface area contributed by atoms with Crippen molar-refractivity contribution < 1.29 is 0 Å². The van der Waals surface area contributed by atoms with Crippen LogP contribution in [0.15, 0.2) is 30.3 Å². The molecule has 0 aliphatic rings. The number of rotatable bonds is 3. The van der Waals surface area contributed by atoms with Gasteiger partial charge in [0.2, 0.25) is 0 Å². The van der Waals surface area contributed by atoms with E-state index in [1.807, 2.05) is 30.3 Å². The Balaban J connectivity index is 3.19. The molecule has 0 aromatic heterocycles.